The Morgan fingerprint density at radius 1 is 1.33 bits per heavy atom. The van der Waals surface area contributed by atoms with E-state index in [1.165, 1.54) is 44.5 Å². The van der Waals surface area contributed by atoms with Crippen LogP contribution in [0.15, 0.2) is 21.8 Å². The summed E-state index contributed by atoms with van der Waals surface area (Å²) in [6.07, 6.45) is 3.94. The lowest BCUT2D eigenvalue weighted by atomic mass is 9.93. The van der Waals surface area contributed by atoms with Gasteiger partial charge in [0.05, 0.1) is 0 Å². The van der Waals surface area contributed by atoms with Crippen LogP contribution in [0.2, 0.25) is 0 Å². The van der Waals surface area contributed by atoms with Crippen molar-refractivity contribution in [3.05, 3.63) is 22.4 Å². The summed E-state index contributed by atoms with van der Waals surface area (Å²) in [5.74, 6) is 2.31. The number of hydrogen-bond acceptors (Lipinski definition) is 3. The van der Waals surface area contributed by atoms with Crippen molar-refractivity contribution in [2.75, 3.05) is 39.3 Å². The molecule has 0 saturated carbocycles. The van der Waals surface area contributed by atoms with Crippen molar-refractivity contribution in [2.24, 2.45) is 10.9 Å². The second kappa shape index (κ2) is 10.7. The van der Waals surface area contributed by atoms with Crippen LogP contribution in [0.1, 0.15) is 51.5 Å². The molecule has 0 amide bonds. The van der Waals surface area contributed by atoms with Gasteiger partial charge in [-0.05, 0) is 74.1 Å². The van der Waals surface area contributed by atoms with E-state index in [2.05, 4.69) is 53.1 Å². The van der Waals surface area contributed by atoms with Crippen LogP contribution in [0.4, 0.5) is 0 Å². The van der Waals surface area contributed by atoms with E-state index in [-0.39, 0.29) is 0 Å². The first-order chi connectivity index (χ1) is 11.7. The minimum Gasteiger partial charge on any atom is -0.357 e. The highest BCUT2D eigenvalue weighted by Crippen LogP contribution is 2.20. The maximum Gasteiger partial charge on any atom is 0.191 e. The lowest BCUT2D eigenvalue weighted by molar-refractivity contribution is 0.187. The normalized spacial score (nSPS) is 18.5. The van der Waals surface area contributed by atoms with Crippen molar-refractivity contribution in [3.8, 4) is 0 Å². The Kier molecular flexibility index (Phi) is 8.60. The zero-order valence-corrected chi connectivity index (χ0v) is 16.4. The van der Waals surface area contributed by atoms with Gasteiger partial charge in [-0.1, -0.05) is 13.8 Å². The van der Waals surface area contributed by atoms with E-state index < -0.39 is 0 Å². The Hall–Kier alpha value is -1.07. The molecule has 0 bridgehead atoms. The molecule has 5 heteroatoms. The summed E-state index contributed by atoms with van der Waals surface area (Å²) in [6.45, 7) is 13.1. The first-order valence-electron chi connectivity index (χ1n) is 9.49. The quantitative estimate of drug-likeness (QED) is 0.556. The minimum absolute atomic E-state index is 0.477. The highest BCUT2D eigenvalue weighted by atomic mass is 32.1. The summed E-state index contributed by atoms with van der Waals surface area (Å²) in [4.78, 5) is 7.32. The SMILES string of the molecule is CCNC(=NCC(C)c1ccsc1)NCCC1CCN(CC)CC1. The van der Waals surface area contributed by atoms with Crippen molar-refractivity contribution >= 4 is 17.3 Å². The van der Waals surface area contributed by atoms with E-state index in [0.29, 0.717) is 5.92 Å². The van der Waals surface area contributed by atoms with E-state index >= 15 is 0 Å². The monoisotopic (exact) mass is 350 g/mol. The van der Waals surface area contributed by atoms with Gasteiger partial charge < -0.3 is 15.5 Å². The average Bonchev–Trinajstić information content (AvgIpc) is 3.14. The number of thiophene rings is 1. The van der Waals surface area contributed by atoms with Gasteiger partial charge >= 0.3 is 0 Å². The molecule has 0 aromatic carbocycles. The van der Waals surface area contributed by atoms with E-state index in [1.807, 2.05) is 0 Å². The van der Waals surface area contributed by atoms with Gasteiger partial charge in [0, 0.05) is 25.6 Å². The maximum absolute atomic E-state index is 4.77. The third kappa shape index (κ3) is 6.44. The van der Waals surface area contributed by atoms with Crippen molar-refractivity contribution in [3.63, 3.8) is 0 Å². The first-order valence-corrected chi connectivity index (χ1v) is 10.4. The fourth-order valence-electron chi connectivity index (χ4n) is 3.22. The summed E-state index contributed by atoms with van der Waals surface area (Å²) in [7, 11) is 0. The molecule has 1 aliphatic heterocycles. The molecule has 1 aromatic rings. The van der Waals surface area contributed by atoms with Crippen molar-refractivity contribution in [1.29, 1.82) is 0 Å². The van der Waals surface area contributed by atoms with E-state index in [1.54, 1.807) is 11.3 Å². The molecule has 0 aliphatic carbocycles. The molecule has 1 saturated heterocycles. The van der Waals surface area contributed by atoms with Gasteiger partial charge in [0.1, 0.15) is 0 Å². The first kappa shape index (κ1) is 19.3. The fourth-order valence-corrected chi connectivity index (χ4v) is 4.00. The van der Waals surface area contributed by atoms with E-state index in [0.717, 1.165) is 31.5 Å². The molecule has 1 unspecified atom stereocenters. The third-order valence-corrected chi connectivity index (χ3v) is 5.68. The summed E-state index contributed by atoms with van der Waals surface area (Å²) < 4.78 is 0. The Labute approximate surface area is 151 Å². The Bertz CT molecular complexity index is 464. The molecule has 2 rings (SSSR count). The molecular weight excluding hydrogens is 316 g/mol. The van der Waals surface area contributed by atoms with Crippen LogP contribution in [-0.4, -0.2) is 50.1 Å². The molecule has 4 nitrogen and oxygen atoms in total. The van der Waals surface area contributed by atoms with Gasteiger partial charge in [0.2, 0.25) is 0 Å². The molecule has 2 N–H and O–H groups in total. The smallest absolute Gasteiger partial charge is 0.191 e. The maximum atomic E-state index is 4.77. The minimum atomic E-state index is 0.477. The van der Waals surface area contributed by atoms with Crippen molar-refractivity contribution in [2.45, 2.75) is 46.0 Å². The van der Waals surface area contributed by atoms with Crippen LogP contribution >= 0.6 is 11.3 Å². The zero-order chi connectivity index (χ0) is 17.2. The summed E-state index contributed by atoms with van der Waals surface area (Å²) >= 11 is 1.76. The van der Waals surface area contributed by atoms with Crippen LogP contribution in [0.3, 0.4) is 0 Å². The van der Waals surface area contributed by atoms with Gasteiger partial charge in [-0.25, -0.2) is 0 Å². The molecule has 2 heterocycles. The lowest BCUT2D eigenvalue weighted by Crippen LogP contribution is -2.39. The van der Waals surface area contributed by atoms with Crippen LogP contribution in [0, 0.1) is 5.92 Å². The molecule has 0 spiro atoms. The topological polar surface area (TPSA) is 39.7 Å². The highest BCUT2D eigenvalue weighted by Gasteiger charge is 2.17. The lowest BCUT2D eigenvalue weighted by Gasteiger charge is -2.31. The van der Waals surface area contributed by atoms with Gasteiger partial charge in [0.25, 0.3) is 0 Å². The predicted molar refractivity (Wildman–Crippen MR) is 106 cm³/mol. The van der Waals surface area contributed by atoms with Crippen LogP contribution in [0.25, 0.3) is 0 Å². The molecule has 136 valence electrons. The number of guanidine groups is 1. The predicted octanol–water partition coefficient (Wildman–Crippen LogP) is 3.53. The van der Waals surface area contributed by atoms with Crippen molar-refractivity contribution in [1.82, 2.24) is 15.5 Å². The van der Waals surface area contributed by atoms with Crippen molar-refractivity contribution < 1.29 is 0 Å². The number of piperidine rings is 1. The molecule has 1 aromatic heterocycles. The fraction of sp³-hybridized carbons (Fsp3) is 0.737. The highest BCUT2D eigenvalue weighted by molar-refractivity contribution is 7.07. The van der Waals surface area contributed by atoms with Gasteiger partial charge in [-0.3, -0.25) is 4.99 Å². The van der Waals surface area contributed by atoms with Gasteiger partial charge in [0.15, 0.2) is 5.96 Å². The summed E-state index contributed by atoms with van der Waals surface area (Å²) in [5.41, 5.74) is 1.39. The number of nitrogens with zero attached hydrogens (tertiary/aromatic N) is 2. The summed E-state index contributed by atoms with van der Waals surface area (Å²) in [5, 5.41) is 11.3. The number of rotatable bonds is 8. The standard InChI is InChI=1S/C19H34N4S/c1-4-20-19(22-14-16(3)18-9-13-24-15-18)21-10-6-17-7-11-23(5-2)12-8-17/h9,13,15-17H,4-8,10-12,14H2,1-3H3,(H2,20,21,22). The number of likely N-dealkylation sites (tertiary alicyclic amines) is 1. The van der Waals surface area contributed by atoms with Crippen LogP contribution in [0.5, 0.6) is 0 Å². The largest absolute Gasteiger partial charge is 0.357 e. The average molecular weight is 351 g/mol. The second-order valence-electron chi connectivity index (χ2n) is 6.77. The third-order valence-electron chi connectivity index (χ3n) is 4.98. The molecule has 1 atom stereocenters. The molecule has 1 fully saturated rings. The number of aliphatic imine (C=N–C) groups is 1. The molecule has 1 aliphatic rings. The van der Waals surface area contributed by atoms with E-state index in [4.69, 9.17) is 4.99 Å². The molecular formula is C19H34N4S. The second-order valence-corrected chi connectivity index (χ2v) is 7.55. The Morgan fingerprint density at radius 3 is 2.75 bits per heavy atom. The Balaban J connectivity index is 1.71. The number of hydrogen-bond donors (Lipinski definition) is 2. The van der Waals surface area contributed by atoms with Gasteiger partial charge in [-0.2, -0.15) is 11.3 Å². The van der Waals surface area contributed by atoms with Crippen LogP contribution < -0.4 is 10.6 Å². The van der Waals surface area contributed by atoms with E-state index in [9.17, 15) is 0 Å². The molecule has 24 heavy (non-hydrogen) atoms. The Morgan fingerprint density at radius 2 is 2.12 bits per heavy atom. The number of nitrogens with one attached hydrogen (secondary N) is 2. The van der Waals surface area contributed by atoms with Gasteiger partial charge in [-0.15, -0.1) is 0 Å². The van der Waals surface area contributed by atoms with Crippen LogP contribution in [-0.2, 0) is 0 Å². The molecule has 0 radical (unpaired) electrons. The summed E-state index contributed by atoms with van der Waals surface area (Å²) in [6, 6.07) is 2.20. The zero-order valence-electron chi connectivity index (χ0n) is 15.6.